The molecule has 2 aromatic carbocycles. The Morgan fingerprint density at radius 1 is 1.14 bits per heavy atom. The second kappa shape index (κ2) is 7.13. The van der Waals surface area contributed by atoms with Crippen molar-refractivity contribution in [1.82, 2.24) is 19.6 Å². The zero-order chi connectivity index (χ0) is 20.0. The van der Waals surface area contributed by atoms with E-state index in [1.807, 2.05) is 53.8 Å². The maximum absolute atomic E-state index is 12.7. The number of thioether (sulfide) groups is 1. The molecule has 0 aliphatic rings. The minimum absolute atomic E-state index is 0.109. The van der Waals surface area contributed by atoms with Crippen LogP contribution >= 0.6 is 23.1 Å². The van der Waals surface area contributed by atoms with Gasteiger partial charge in [0.2, 0.25) is 5.91 Å². The van der Waals surface area contributed by atoms with Gasteiger partial charge in [-0.1, -0.05) is 53.4 Å². The van der Waals surface area contributed by atoms with Crippen LogP contribution in [0.1, 0.15) is 12.5 Å². The zero-order valence-corrected chi connectivity index (χ0v) is 17.4. The SMILES string of the molecule is Cc1cc2nnc(SC(C)C(=O)Nc3nc4ccccc4s3)n2c2ccccc12. The number of hydrogen-bond donors (Lipinski definition) is 1. The van der Waals surface area contributed by atoms with Gasteiger partial charge in [-0.3, -0.25) is 9.20 Å². The summed E-state index contributed by atoms with van der Waals surface area (Å²) in [5, 5.41) is 13.7. The summed E-state index contributed by atoms with van der Waals surface area (Å²) >= 11 is 2.86. The van der Waals surface area contributed by atoms with Crippen molar-refractivity contribution in [3.8, 4) is 0 Å². The first-order valence-corrected chi connectivity index (χ1v) is 10.9. The molecular weight excluding hydrogens is 402 g/mol. The third-order valence-corrected chi connectivity index (χ3v) is 6.74. The molecule has 5 rings (SSSR count). The lowest BCUT2D eigenvalue weighted by Crippen LogP contribution is -2.22. The highest BCUT2D eigenvalue weighted by molar-refractivity contribution is 8.00. The number of benzene rings is 2. The smallest absolute Gasteiger partial charge is 0.239 e. The van der Waals surface area contributed by atoms with E-state index in [9.17, 15) is 4.79 Å². The summed E-state index contributed by atoms with van der Waals surface area (Å²) in [5.74, 6) is -0.109. The molecule has 0 aliphatic carbocycles. The van der Waals surface area contributed by atoms with Gasteiger partial charge in [0.25, 0.3) is 0 Å². The summed E-state index contributed by atoms with van der Waals surface area (Å²) in [5.41, 5.74) is 3.85. The summed E-state index contributed by atoms with van der Waals surface area (Å²) in [7, 11) is 0. The Labute approximate surface area is 175 Å². The number of para-hydroxylation sites is 2. The quantitative estimate of drug-likeness (QED) is 0.419. The molecule has 0 spiro atoms. The maximum Gasteiger partial charge on any atom is 0.239 e. The number of nitrogens with zero attached hydrogens (tertiary/aromatic N) is 4. The van der Waals surface area contributed by atoms with E-state index in [0.717, 1.165) is 32.3 Å². The van der Waals surface area contributed by atoms with Crippen molar-refractivity contribution < 1.29 is 4.79 Å². The number of pyridine rings is 1. The van der Waals surface area contributed by atoms with Crippen molar-refractivity contribution in [3.63, 3.8) is 0 Å². The Balaban J connectivity index is 1.42. The third-order valence-electron chi connectivity index (χ3n) is 4.75. The maximum atomic E-state index is 12.7. The summed E-state index contributed by atoms with van der Waals surface area (Å²) in [6, 6.07) is 18.0. The number of thiazole rings is 1. The fourth-order valence-corrected chi connectivity index (χ4v) is 5.03. The number of amides is 1. The molecule has 1 unspecified atom stereocenters. The van der Waals surface area contributed by atoms with Crippen LogP contribution in [-0.2, 0) is 4.79 Å². The van der Waals surface area contributed by atoms with Gasteiger partial charge in [0.05, 0.1) is 21.0 Å². The van der Waals surface area contributed by atoms with Gasteiger partial charge in [-0.25, -0.2) is 4.98 Å². The van der Waals surface area contributed by atoms with Crippen LogP contribution in [0.25, 0.3) is 26.8 Å². The van der Waals surface area contributed by atoms with Crippen LogP contribution in [0.3, 0.4) is 0 Å². The Kier molecular flexibility index (Phi) is 4.44. The van der Waals surface area contributed by atoms with E-state index in [2.05, 4.69) is 39.6 Å². The van der Waals surface area contributed by atoms with E-state index in [0.29, 0.717) is 10.3 Å². The average molecular weight is 420 g/mol. The fourth-order valence-electron chi connectivity index (χ4n) is 3.30. The van der Waals surface area contributed by atoms with Crippen molar-refractivity contribution in [2.45, 2.75) is 24.3 Å². The lowest BCUT2D eigenvalue weighted by molar-refractivity contribution is -0.115. The molecular formula is C21H17N5OS2. The Bertz CT molecular complexity index is 1340. The summed E-state index contributed by atoms with van der Waals surface area (Å²) < 4.78 is 3.06. The molecule has 0 aliphatic heterocycles. The van der Waals surface area contributed by atoms with Gasteiger partial charge in [-0.15, -0.1) is 10.2 Å². The first kappa shape index (κ1) is 18.1. The average Bonchev–Trinajstić information content (AvgIpc) is 3.31. The standard InChI is InChI=1S/C21H17N5OS2/c1-12-11-18-24-25-21(26(18)16-9-5-3-7-14(12)16)28-13(2)19(27)23-20-22-15-8-4-6-10-17(15)29-20/h3-11,13H,1-2H3,(H,22,23,27). The molecule has 1 atom stereocenters. The molecule has 0 fully saturated rings. The van der Waals surface area contributed by atoms with E-state index in [-0.39, 0.29) is 11.2 Å². The van der Waals surface area contributed by atoms with Crippen LogP contribution in [0, 0.1) is 6.92 Å². The van der Waals surface area contributed by atoms with Crippen molar-refractivity contribution >= 4 is 60.9 Å². The number of rotatable bonds is 4. The van der Waals surface area contributed by atoms with Crippen molar-refractivity contribution in [1.29, 1.82) is 0 Å². The predicted molar refractivity (Wildman–Crippen MR) is 119 cm³/mol. The van der Waals surface area contributed by atoms with E-state index in [1.54, 1.807) is 0 Å². The van der Waals surface area contributed by atoms with Gasteiger partial charge in [-0.2, -0.15) is 0 Å². The highest BCUT2D eigenvalue weighted by atomic mass is 32.2. The number of nitrogens with one attached hydrogen (secondary N) is 1. The first-order chi connectivity index (χ1) is 14.1. The van der Waals surface area contributed by atoms with Gasteiger partial charge in [-0.05, 0) is 43.7 Å². The summed E-state index contributed by atoms with van der Waals surface area (Å²) in [6.07, 6.45) is 0. The molecule has 8 heteroatoms. The molecule has 1 N–H and O–H groups in total. The van der Waals surface area contributed by atoms with E-state index in [4.69, 9.17) is 0 Å². The Morgan fingerprint density at radius 2 is 1.93 bits per heavy atom. The topological polar surface area (TPSA) is 72.2 Å². The van der Waals surface area contributed by atoms with Crippen LogP contribution in [0.4, 0.5) is 5.13 Å². The fraction of sp³-hybridized carbons (Fsp3) is 0.143. The summed E-state index contributed by atoms with van der Waals surface area (Å²) in [4.78, 5) is 17.2. The van der Waals surface area contributed by atoms with E-state index in [1.165, 1.54) is 23.1 Å². The molecule has 3 aromatic heterocycles. The molecule has 144 valence electrons. The zero-order valence-electron chi connectivity index (χ0n) is 15.8. The first-order valence-electron chi connectivity index (χ1n) is 9.17. The molecule has 0 saturated heterocycles. The van der Waals surface area contributed by atoms with Crippen LogP contribution in [0.5, 0.6) is 0 Å². The molecule has 0 saturated carbocycles. The molecule has 0 radical (unpaired) electrons. The van der Waals surface area contributed by atoms with Crippen LogP contribution in [0.15, 0.2) is 59.8 Å². The number of hydrogen-bond acceptors (Lipinski definition) is 6. The van der Waals surface area contributed by atoms with Gasteiger partial charge in [0.1, 0.15) is 0 Å². The number of aryl methyl sites for hydroxylation is 1. The number of carbonyl (C=O) groups is 1. The molecule has 1 amide bonds. The lowest BCUT2D eigenvalue weighted by Gasteiger charge is -2.11. The highest BCUT2D eigenvalue weighted by Gasteiger charge is 2.20. The van der Waals surface area contributed by atoms with Crippen LogP contribution in [-0.4, -0.2) is 30.7 Å². The molecule has 3 heterocycles. The number of fused-ring (bicyclic) bond motifs is 4. The minimum Gasteiger partial charge on any atom is -0.301 e. The van der Waals surface area contributed by atoms with Gasteiger partial charge < -0.3 is 5.32 Å². The lowest BCUT2D eigenvalue weighted by atomic mass is 10.1. The number of aromatic nitrogens is 4. The van der Waals surface area contributed by atoms with Crippen LogP contribution in [0.2, 0.25) is 0 Å². The second-order valence-electron chi connectivity index (χ2n) is 6.76. The van der Waals surface area contributed by atoms with Crippen LogP contribution < -0.4 is 5.32 Å². The Hall–Kier alpha value is -2.97. The highest BCUT2D eigenvalue weighted by Crippen LogP contribution is 2.30. The largest absolute Gasteiger partial charge is 0.301 e. The number of anilines is 1. The monoisotopic (exact) mass is 419 g/mol. The van der Waals surface area contributed by atoms with Crippen molar-refractivity contribution in [2.75, 3.05) is 5.32 Å². The molecule has 6 nitrogen and oxygen atoms in total. The normalized spacial score (nSPS) is 12.6. The predicted octanol–water partition coefficient (Wildman–Crippen LogP) is 4.92. The number of carbonyl (C=O) groups excluding carboxylic acids is 1. The van der Waals surface area contributed by atoms with Gasteiger partial charge >= 0.3 is 0 Å². The molecule has 5 aromatic rings. The second-order valence-corrected chi connectivity index (χ2v) is 9.10. The van der Waals surface area contributed by atoms with E-state index < -0.39 is 0 Å². The Morgan fingerprint density at radius 3 is 2.79 bits per heavy atom. The van der Waals surface area contributed by atoms with E-state index >= 15 is 0 Å². The molecule has 0 bridgehead atoms. The minimum atomic E-state index is -0.352. The van der Waals surface area contributed by atoms with Crippen molar-refractivity contribution in [2.24, 2.45) is 0 Å². The summed E-state index contributed by atoms with van der Waals surface area (Å²) in [6.45, 7) is 3.93. The molecule has 29 heavy (non-hydrogen) atoms. The van der Waals surface area contributed by atoms with Gasteiger partial charge in [0.15, 0.2) is 15.9 Å². The van der Waals surface area contributed by atoms with Gasteiger partial charge in [0, 0.05) is 5.39 Å². The van der Waals surface area contributed by atoms with Crippen molar-refractivity contribution in [3.05, 3.63) is 60.2 Å². The third kappa shape index (κ3) is 3.24.